The zero-order chi connectivity index (χ0) is 13.5. The number of piperidine rings is 1. The van der Waals surface area contributed by atoms with Crippen LogP contribution < -0.4 is 5.32 Å². The summed E-state index contributed by atoms with van der Waals surface area (Å²) in [5.74, 6) is 0.365. The van der Waals surface area contributed by atoms with Gasteiger partial charge in [0.1, 0.15) is 5.75 Å². The van der Waals surface area contributed by atoms with Crippen LogP contribution in [0.1, 0.15) is 38.2 Å². The van der Waals surface area contributed by atoms with Gasteiger partial charge in [0.2, 0.25) is 0 Å². The topological polar surface area (TPSA) is 35.5 Å². The fraction of sp³-hybridized carbons (Fsp3) is 0.625. The molecule has 0 saturated carbocycles. The number of aromatic hydroxyl groups is 1. The molecule has 106 valence electrons. The molecule has 1 saturated heterocycles. The first-order chi connectivity index (χ1) is 9.28. The highest BCUT2D eigenvalue weighted by molar-refractivity contribution is 5.27. The first kappa shape index (κ1) is 14.4. The molecule has 1 heterocycles. The van der Waals surface area contributed by atoms with Gasteiger partial charge in [0.15, 0.2) is 0 Å². The number of rotatable bonds is 6. The van der Waals surface area contributed by atoms with Crippen LogP contribution in [-0.4, -0.2) is 35.7 Å². The minimum Gasteiger partial charge on any atom is -0.508 e. The van der Waals surface area contributed by atoms with Crippen molar-refractivity contribution in [3.63, 3.8) is 0 Å². The molecule has 0 bridgehead atoms. The third kappa shape index (κ3) is 4.84. The van der Waals surface area contributed by atoms with Gasteiger partial charge in [0.05, 0.1) is 0 Å². The van der Waals surface area contributed by atoms with Crippen LogP contribution in [0.3, 0.4) is 0 Å². The van der Waals surface area contributed by atoms with E-state index in [9.17, 15) is 5.11 Å². The molecule has 1 aromatic carbocycles. The second kappa shape index (κ2) is 7.51. The monoisotopic (exact) mass is 262 g/mol. The Kier molecular flexibility index (Phi) is 5.67. The predicted octanol–water partition coefficient (Wildman–Crippen LogP) is 2.75. The van der Waals surface area contributed by atoms with E-state index in [0.29, 0.717) is 11.8 Å². The van der Waals surface area contributed by atoms with E-state index in [1.54, 1.807) is 6.07 Å². The number of phenolic OH excluding ortho intramolecular Hbond substituents is 1. The van der Waals surface area contributed by atoms with Crippen molar-refractivity contribution >= 4 is 0 Å². The Labute approximate surface area is 116 Å². The molecule has 3 nitrogen and oxygen atoms in total. The molecule has 19 heavy (non-hydrogen) atoms. The standard InChI is InChI=1S/C16H26N2O/c1-2-10-18(13-15-7-3-4-9-17-15)12-14-6-5-8-16(19)11-14/h5-6,8,11,15,17,19H,2-4,7,9-10,12-13H2,1H3. The zero-order valence-electron chi connectivity index (χ0n) is 11.9. The van der Waals surface area contributed by atoms with Crippen LogP contribution in [0.15, 0.2) is 24.3 Å². The van der Waals surface area contributed by atoms with E-state index in [2.05, 4.69) is 23.2 Å². The molecule has 1 unspecified atom stereocenters. The van der Waals surface area contributed by atoms with Crippen molar-refractivity contribution in [3.05, 3.63) is 29.8 Å². The molecule has 1 fully saturated rings. The van der Waals surface area contributed by atoms with Gasteiger partial charge in [-0.1, -0.05) is 25.5 Å². The van der Waals surface area contributed by atoms with Crippen molar-refractivity contribution in [2.24, 2.45) is 0 Å². The van der Waals surface area contributed by atoms with Crippen LogP contribution in [0.2, 0.25) is 0 Å². The number of benzene rings is 1. The van der Waals surface area contributed by atoms with E-state index in [-0.39, 0.29) is 0 Å². The molecule has 2 rings (SSSR count). The highest BCUT2D eigenvalue weighted by atomic mass is 16.3. The molecule has 0 aromatic heterocycles. The van der Waals surface area contributed by atoms with Gasteiger partial charge in [-0.15, -0.1) is 0 Å². The SMILES string of the molecule is CCCN(Cc1cccc(O)c1)CC1CCCCN1. The predicted molar refractivity (Wildman–Crippen MR) is 79.3 cm³/mol. The van der Waals surface area contributed by atoms with Gasteiger partial charge < -0.3 is 10.4 Å². The molecule has 1 atom stereocenters. The second-order valence-corrected chi connectivity index (χ2v) is 5.55. The van der Waals surface area contributed by atoms with Crippen molar-refractivity contribution in [3.8, 4) is 5.75 Å². The van der Waals surface area contributed by atoms with Gasteiger partial charge in [-0.25, -0.2) is 0 Å². The molecule has 2 N–H and O–H groups in total. The van der Waals surface area contributed by atoms with Crippen LogP contribution >= 0.6 is 0 Å². The van der Waals surface area contributed by atoms with E-state index in [1.807, 2.05) is 12.1 Å². The second-order valence-electron chi connectivity index (χ2n) is 5.55. The van der Waals surface area contributed by atoms with Crippen LogP contribution in [0.5, 0.6) is 5.75 Å². The zero-order valence-corrected chi connectivity index (χ0v) is 11.9. The first-order valence-corrected chi connectivity index (χ1v) is 7.51. The van der Waals surface area contributed by atoms with Crippen molar-refractivity contribution in [2.75, 3.05) is 19.6 Å². The molecular formula is C16H26N2O. The number of hydrogen-bond donors (Lipinski definition) is 2. The Bertz CT molecular complexity index is 375. The van der Waals surface area contributed by atoms with Gasteiger partial charge in [-0.3, -0.25) is 4.90 Å². The van der Waals surface area contributed by atoms with Crippen molar-refractivity contribution in [1.29, 1.82) is 0 Å². The lowest BCUT2D eigenvalue weighted by molar-refractivity contribution is 0.217. The maximum atomic E-state index is 9.55. The van der Waals surface area contributed by atoms with Crippen molar-refractivity contribution < 1.29 is 5.11 Å². The lowest BCUT2D eigenvalue weighted by atomic mass is 10.0. The maximum Gasteiger partial charge on any atom is 0.115 e. The van der Waals surface area contributed by atoms with Gasteiger partial charge in [-0.2, -0.15) is 0 Å². The molecular weight excluding hydrogens is 236 g/mol. The van der Waals surface area contributed by atoms with E-state index >= 15 is 0 Å². The average molecular weight is 262 g/mol. The number of nitrogens with one attached hydrogen (secondary N) is 1. The molecule has 1 aliphatic heterocycles. The lowest BCUT2D eigenvalue weighted by Gasteiger charge is -2.30. The first-order valence-electron chi connectivity index (χ1n) is 7.51. The Hall–Kier alpha value is -1.06. The van der Waals surface area contributed by atoms with Gasteiger partial charge in [0, 0.05) is 19.1 Å². The van der Waals surface area contributed by atoms with Gasteiger partial charge in [-0.05, 0) is 50.0 Å². The fourth-order valence-corrected chi connectivity index (χ4v) is 2.86. The lowest BCUT2D eigenvalue weighted by Crippen LogP contribution is -2.43. The smallest absolute Gasteiger partial charge is 0.115 e. The van der Waals surface area contributed by atoms with E-state index < -0.39 is 0 Å². The van der Waals surface area contributed by atoms with Gasteiger partial charge >= 0.3 is 0 Å². The molecule has 0 spiro atoms. The Balaban J connectivity index is 1.91. The van der Waals surface area contributed by atoms with Crippen LogP contribution in [0.25, 0.3) is 0 Å². The maximum absolute atomic E-state index is 9.55. The Morgan fingerprint density at radius 2 is 2.26 bits per heavy atom. The number of phenols is 1. The summed E-state index contributed by atoms with van der Waals surface area (Å²) in [4.78, 5) is 2.50. The largest absolute Gasteiger partial charge is 0.508 e. The summed E-state index contributed by atoms with van der Waals surface area (Å²) >= 11 is 0. The summed E-state index contributed by atoms with van der Waals surface area (Å²) in [6.45, 7) is 6.55. The summed E-state index contributed by atoms with van der Waals surface area (Å²) in [6.07, 6.45) is 5.13. The van der Waals surface area contributed by atoms with E-state index in [1.165, 1.54) is 31.2 Å². The summed E-state index contributed by atoms with van der Waals surface area (Å²) in [5.41, 5.74) is 1.20. The van der Waals surface area contributed by atoms with Crippen LogP contribution in [0.4, 0.5) is 0 Å². The number of hydrogen-bond acceptors (Lipinski definition) is 3. The summed E-state index contributed by atoms with van der Waals surface area (Å²) < 4.78 is 0. The molecule has 1 aromatic rings. The Morgan fingerprint density at radius 1 is 1.37 bits per heavy atom. The summed E-state index contributed by atoms with van der Waals surface area (Å²) in [7, 11) is 0. The minimum atomic E-state index is 0.365. The molecule has 0 amide bonds. The third-order valence-electron chi connectivity index (χ3n) is 3.75. The third-order valence-corrected chi connectivity index (χ3v) is 3.75. The van der Waals surface area contributed by atoms with Gasteiger partial charge in [0.25, 0.3) is 0 Å². The summed E-state index contributed by atoms with van der Waals surface area (Å²) in [5, 5.41) is 13.2. The molecule has 0 aliphatic carbocycles. The molecule has 0 radical (unpaired) electrons. The fourth-order valence-electron chi connectivity index (χ4n) is 2.86. The Morgan fingerprint density at radius 3 is 2.95 bits per heavy atom. The highest BCUT2D eigenvalue weighted by Gasteiger charge is 2.16. The van der Waals surface area contributed by atoms with E-state index in [0.717, 1.165) is 26.2 Å². The molecule has 3 heteroatoms. The van der Waals surface area contributed by atoms with E-state index in [4.69, 9.17) is 0 Å². The quantitative estimate of drug-likeness (QED) is 0.827. The summed E-state index contributed by atoms with van der Waals surface area (Å²) in [6, 6.07) is 8.26. The normalized spacial score (nSPS) is 19.8. The number of nitrogens with zero attached hydrogens (tertiary/aromatic N) is 1. The molecule has 1 aliphatic rings. The van der Waals surface area contributed by atoms with Crippen LogP contribution in [-0.2, 0) is 6.54 Å². The van der Waals surface area contributed by atoms with Crippen molar-refractivity contribution in [2.45, 2.75) is 45.2 Å². The average Bonchev–Trinajstić information content (AvgIpc) is 2.40. The minimum absolute atomic E-state index is 0.365. The van der Waals surface area contributed by atoms with Crippen LogP contribution in [0, 0.1) is 0 Å². The van der Waals surface area contributed by atoms with Crippen molar-refractivity contribution in [1.82, 2.24) is 10.2 Å². The highest BCUT2D eigenvalue weighted by Crippen LogP contribution is 2.15.